The van der Waals surface area contributed by atoms with Gasteiger partial charge in [0.25, 0.3) is 0 Å². The molecule has 140 valence electrons. The first-order chi connectivity index (χ1) is 12.3. The first-order valence-electron chi connectivity index (χ1n) is 8.88. The first kappa shape index (κ1) is 18.4. The van der Waals surface area contributed by atoms with E-state index in [2.05, 4.69) is 0 Å². The number of carbonyl (C=O) groups excluding carboxylic acids is 3. The summed E-state index contributed by atoms with van der Waals surface area (Å²) >= 11 is 0. The second-order valence-corrected chi connectivity index (χ2v) is 7.28. The van der Waals surface area contributed by atoms with E-state index in [9.17, 15) is 18.8 Å². The molecular weight excluding hydrogens is 337 g/mol. The fourth-order valence-corrected chi connectivity index (χ4v) is 3.63. The number of halogens is 1. The molecule has 4 rings (SSSR count). The number of fused-ring (bicyclic) bond motifs is 4. The van der Waals surface area contributed by atoms with Gasteiger partial charge in [0.2, 0.25) is 17.7 Å². The molecule has 0 radical (unpaired) electrons. The summed E-state index contributed by atoms with van der Waals surface area (Å²) in [6, 6.07) is 5.77. The lowest BCUT2D eigenvalue weighted by molar-refractivity contribution is -0.145. The van der Waals surface area contributed by atoms with Crippen molar-refractivity contribution < 1.29 is 18.8 Å². The predicted octanol–water partition coefficient (Wildman–Crippen LogP) is 0.906. The minimum absolute atomic E-state index is 0.0338. The standard InChI is InChI=1S/C19H24FN3O3/c1-21(2)18(25)12-23-16-8-5-14(19(23)26)10-22(11-16)17(24)9-13-3-6-15(20)7-4-13/h3-4,6-7,14,16H,5,8-12H2,1-2H3/t14-,16+/m1/s1. The van der Waals surface area contributed by atoms with Gasteiger partial charge in [0, 0.05) is 33.2 Å². The molecule has 3 aliphatic rings. The van der Waals surface area contributed by atoms with E-state index in [-0.39, 0.29) is 48.5 Å². The third kappa shape index (κ3) is 3.86. The molecule has 6 nitrogen and oxygen atoms in total. The van der Waals surface area contributed by atoms with Gasteiger partial charge in [-0.2, -0.15) is 0 Å². The number of piperidine rings is 1. The Morgan fingerprint density at radius 2 is 1.85 bits per heavy atom. The van der Waals surface area contributed by atoms with Gasteiger partial charge in [0.05, 0.1) is 12.3 Å². The number of nitrogens with zero attached hydrogens (tertiary/aromatic N) is 3. The molecular formula is C19H24FN3O3. The molecule has 0 aliphatic carbocycles. The largest absolute Gasteiger partial charge is 0.347 e. The molecule has 3 amide bonds. The predicted molar refractivity (Wildman–Crippen MR) is 93.6 cm³/mol. The Morgan fingerprint density at radius 3 is 2.50 bits per heavy atom. The van der Waals surface area contributed by atoms with Crippen molar-refractivity contribution in [2.24, 2.45) is 5.92 Å². The highest BCUT2D eigenvalue weighted by atomic mass is 19.1. The van der Waals surface area contributed by atoms with Gasteiger partial charge in [-0.3, -0.25) is 14.4 Å². The van der Waals surface area contributed by atoms with Gasteiger partial charge in [0.1, 0.15) is 12.4 Å². The fourth-order valence-electron chi connectivity index (χ4n) is 3.63. The second-order valence-electron chi connectivity index (χ2n) is 7.28. The van der Waals surface area contributed by atoms with Gasteiger partial charge < -0.3 is 14.7 Å². The van der Waals surface area contributed by atoms with Crippen LogP contribution in [0.15, 0.2) is 24.3 Å². The number of hydrogen-bond acceptors (Lipinski definition) is 3. The topological polar surface area (TPSA) is 60.9 Å². The Kier molecular flexibility index (Phi) is 5.25. The van der Waals surface area contributed by atoms with Crippen molar-refractivity contribution in [3.05, 3.63) is 35.6 Å². The van der Waals surface area contributed by atoms with E-state index < -0.39 is 0 Å². The Hall–Kier alpha value is -2.44. The SMILES string of the molecule is CN(C)C(=O)CN1C(=O)[C@@H]2CC[C@H]1CN(C(=O)Cc1ccc(F)cc1)C2. The fraction of sp³-hybridized carbons (Fsp3) is 0.526. The van der Waals surface area contributed by atoms with Crippen LogP contribution in [0.4, 0.5) is 4.39 Å². The van der Waals surface area contributed by atoms with Crippen molar-refractivity contribution in [3.63, 3.8) is 0 Å². The van der Waals surface area contributed by atoms with Gasteiger partial charge in [-0.25, -0.2) is 4.39 Å². The summed E-state index contributed by atoms with van der Waals surface area (Å²) in [6.07, 6.45) is 1.73. The van der Waals surface area contributed by atoms with Gasteiger partial charge in [-0.15, -0.1) is 0 Å². The molecule has 0 aromatic heterocycles. The van der Waals surface area contributed by atoms with Crippen LogP contribution in [0.5, 0.6) is 0 Å². The van der Waals surface area contributed by atoms with Gasteiger partial charge in [-0.05, 0) is 30.5 Å². The van der Waals surface area contributed by atoms with Crippen LogP contribution >= 0.6 is 0 Å². The summed E-state index contributed by atoms with van der Waals surface area (Å²) in [5.74, 6) is -0.799. The zero-order chi connectivity index (χ0) is 18.8. The molecule has 0 spiro atoms. The highest BCUT2D eigenvalue weighted by Crippen LogP contribution is 2.29. The molecule has 3 saturated heterocycles. The number of hydrogen-bond donors (Lipinski definition) is 0. The van der Waals surface area contributed by atoms with E-state index in [1.54, 1.807) is 36.0 Å². The summed E-state index contributed by atoms with van der Waals surface area (Å²) in [5.41, 5.74) is 0.749. The Morgan fingerprint density at radius 1 is 1.15 bits per heavy atom. The molecule has 2 atom stereocenters. The van der Waals surface area contributed by atoms with Crippen LogP contribution in [-0.4, -0.2) is 72.2 Å². The molecule has 26 heavy (non-hydrogen) atoms. The van der Waals surface area contributed by atoms with Crippen LogP contribution in [0.3, 0.4) is 0 Å². The van der Waals surface area contributed by atoms with E-state index in [0.29, 0.717) is 13.1 Å². The zero-order valence-corrected chi connectivity index (χ0v) is 15.2. The highest BCUT2D eigenvalue weighted by molar-refractivity contribution is 5.88. The van der Waals surface area contributed by atoms with E-state index in [1.165, 1.54) is 17.0 Å². The van der Waals surface area contributed by atoms with Crippen molar-refractivity contribution in [3.8, 4) is 0 Å². The quantitative estimate of drug-likeness (QED) is 0.801. The summed E-state index contributed by atoms with van der Waals surface area (Å²) in [6.45, 7) is 0.901. The molecule has 3 aliphatic heterocycles. The van der Waals surface area contributed by atoms with Crippen LogP contribution in [0, 0.1) is 11.7 Å². The molecule has 3 fully saturated rings. The van der Waals surface area contributed by atoms with E-state index in [4.69, 9.17) is 0 Å². The minimum Gasteiger partial charge on any atom is -0.347 e. The smallest absolute Gasteiger partial charge is 0.241 e. The number of amides is 3. The first-order valence-corrected chi connectivity index (χ1v) is 8.88. The molecule has 1 aromatic rings. The van der Waals surface area contributed by atoms with Crippen LogP contribution in [-0.2, 0) is 20.8 Å². The Labute approximate surface area is 152 Å². The van der Waals surface area contributed by atoms with Crippen LogP contribution in [0.2, 0.25) is 0 Å². The average molecular weight is 361 g/mol. The van der Waals surface area contributed by atoms with Gasteiger partial charge in [-0.1, -0.05) is 12.1 Å². The van der Waals surface area contributed by atoms with E-state index in [0.717, 1.165) is 18.4 Å². The molecule has 2 bridgehead atoms. The molecule has 0 unspecified atom stereocenters. The molecule has 3 heterocycles. The van der Waals surface area contributed by atoms with E-state index >= 15 is 0 Å². The zero-order valence-electron chi connectivity index (χ0n) is 15.2. The molecule has 0 N–H and O–H groups in total. The number of benzene rings is 1. The molecule has 7 heteroatoms. The lowest BCUT2D eigenvalue weighted by atomic mass is 9.94. The van der Waals surface area contributed by atoms with Crippen LogP contribution in [0.1, 0.15) is 18.4 Å². The lowest BCUT2D eigenvalue weighted by Gasteiger charge is -2.35. The summed E-state index contributed by atoms with van der Waals surface area (Å²) in [4.78, 5) is 42.3. The average Bonchev–Trinajstić information content (AvgIpc) is 2.89. The third-order valence-corrected chi connectivity index (χ3v) is 5.22. The summed E-state index contributed by atoms with van der Waals surface area (Å²) in [7, 11) is 3.34. The number of rotatable bonds is 4. The minimum atomic E-state index is -0.333. The highest BCUT2D eigenvalue weighted by Gasteiger charge is 2.42. The van der Waals surface area contributed by atoms with Crippen molar-refractivity contribution >= 4 is 17.7 Å². The Balaban J connectivity index is 1.70. The number of likely N-dealkylation sites (N-methyl/N-ethyl adjacent to an activating group) is 1. The van der Waals surface area contributed by atoms with Gasteiger partial charge >= 0.3 is 0 Å². The van der Waals surface area contributed by atoms with E-state index in [1.807, 2.05) is 0 Å². The maximum Gasteiger partial charge on any atom is 0.241 e. The van der Waals surface area contributed by atoms with Crippen LogP contribution < -0.4 is 0 Å². The normalized spacial score (nSPS) is 22.3. The maximum atomic E-state index is 13.0. The third-order valence-electron chi connectivity index (χ3n) is 5.22. The molecule has 0 saturated carbocycles. The monoisotopic (exact) mass is 361 g/mol. The lowest BCUT2D eigenvalue weighted by Crippen LogP contribution is -2.51. The Bertz CT molecular complexity index is 704. The van der Waals surface area contributed by atoms with Crippen molar-refractivity contribution in [2.75, 3.05) is 33.7 Å². The number of carbonyl (C=O) groups is 3. The second kappa shape index (κ2) is 7.43. The summed E-state index contributed by atoms with van der Waals surface area (Å²) in [5, 5.41) is 0. The van der Waals surface area contributed by atoms with Crippen LogP contribution in [0.25, 0.3) is 0 Å². The van der Waals surface area contributed by atoms with Crippen molar-refractivity contribution in [1.29, 1.82) is 0 Å². The molecule has 1 aromatic carbocycles. The maximum absolute atomic E-state index is 13.0. The van der Waals surface area contributed by atoms with Crippen molar-refractivity contribution in [2.45, 2.75) is 25.3 Å². The van der Waals surface area contributed by atoms with Gasteiger partial charge in [0.15, 0.2) is 0 Å². The van der Waals surface area contributed by atoms with Crippen molar-refractivity contribution in [1.82, 2.24) is 14.7 Å². The summed E-state index contributed by atoms with van der Waals surface area (Å²) < 4.78 is 13.0.